The van der Waals surface area contributed by atoms with Gasteiger partial charge in [0, 0.05) is 55.1 Å². The van der Waals surface area contributed by atoms with Crippen LogP contribution in [0.1, 0.15) is 5.56 Å². The van der Waals surface area contributed by atoms with Crippen LogP contribution in [0.3, 0.4) is 0 Å². The summed E-state index contributed by atoms with van der Waals surface area (Å²) in [7, 11) is 4.02. The Bertz CT molecular complexity index is 1040. The van der Waals surface area contributed by atoms with Gasteiger partial charge in [0.25, 0.3) is 0 Å². The first-order chi connectivity index (χ1) is 13.1. The van der Waals surface area contributed by atoms with E-state index in [2.05, 4.69) is 62.9 Å². The quantitative estimate of drug-likeness (QED) is 0.665. The zero-order valence-electron chi connectivity index (χ0n) is 15.3. The molecule has 0 aliphatic carbocycles. The third-order valence-electron chi connectivity index (χ3n) is 4.51. The van der Waals surface area contributed by atoms with E-state index in [-0.39, 0.29) is 0 Å². The molecular weight excluding hydrogens is 359 g/mol. The van der Waals surface area contributed by atoms with Crippen molar-refractivity contribution in [2.75, 3.05) is 20.6 Å². The lowest BCUT2D eigenvalue weighted by Crippen LogP contribution is -2.13. The molecule has 1 aromatic carbocycles. The molecule has 0 amide bonds. The number of nitrogens with one attached hydrogen (secondary N) is 1. The van der Waals surface area contributed by atoms with E-state index in [0.29, 0.717) is 0 Å². The van der Waals surface area contributed by atoms with Gasteiger partial charge in [-0.3, -0.25) is 3.97 Å². The average Bonchev–Trinajstić information content (AvgIpc) is 2.99. The lowest BCUT2D eigenvalue weighted by atomic mass is 10.0. The Kier molecular flexibility index (Phi) is 5.01. The predicted molar refractivity (Wildman–Crippen MR) is 111 cm³/mol. The molecule has 0 radical (unpaired) electrons. The van der Waals surface area contributed by atoms with E-state index in [1.54, 1.807) is 11.9 Å². The van der Waals surface area contributed by atoms with Crippen molar-refractivity contribution >= 4 is 22.9 Å². The Morgan fingerprint density at radius 2 is 2.07 bits per heavy atom. The fraction of sp³-hybridized carbons (Fsp3) is 0.190. The van der Waals surface area contributed by atoms with Crippen molar-refractivity contribution in [3.05, 3.63) is 77.5 Å². The number of allylic oxidation sites excluding steroid dienone is 1. The summed E-state index contributed by atoms with van der Waals surface area (Å²) in [5.74, 6) is -0.464. The van der Waals surface area contributed by atoms with Crippen LogP contribution >= 0.6 is 11.9 Å². The summed E-state index contributed by atoms with van der Waals surface area (Å²) in [6, 6.07) is 9.58. The minimum absolute atomic E-state index is 0.464. The standard InChI is InChI=1S/C21H21FN4S/c1-23-12-17-13-26(27-18-4-3-9-25(2)14-18)20-10-15(5-6-19(17)20)16-7-8-24-21(22)11-16/h3-8,10-11,13-14,23H,9,12H2,1-2H3. The minimum Gasteiger partial charge on any atom is -0.376 e. The number of fused-ring (bicyclic) bond motifs is 1. The molecule has 0 fully saturated rings. The maximum atomic E-state index is 13.5. The van der Waals surface area contributed by atoms with E-state index in [0.717, 1.165) is 29.7 Å². The van der Waals surface area contributed by atoms with Crippen LogP contribution in [0.5, 0.6) is 0 Å². The zero-order chi connectivity index (χ0) is 18.8. The van der Waals surface area contributed by atoms with Gasteiger partial charge in [-0.25, -0.2) is 4.98 Å². The van der Waals surface area contributed by atoms with E-state index in [4.69, 9.17) is 0 Å². The van der Waals surface area contributed by atoms with Crippen molar-refractivity contribution in [1.82, 2.24) is 19.2 Å². The van der Waals surface area contributed by atoms with E-state index >= 15 is 0 Å². The van der Waals surface area contributed by atoms with Crippen LogP contribution in [0.4, 0.5) is 4.39 Å². The van der Waals surface area contributed by atoms with Crippen molar-refractivity contribution in [3.63, 3.8) is 0 Å². The lowest BCUT2D eigenvalue weighted by Gasteiger charge is -2.17. The Hall–Kier alpha value is -2.57. The molecule has 4 rings (SSSR count). The molecule has 27 heavy (non-hydrogen) atoms. The molecule has 138 valence electrons. The number of nitrogens with zero attached hydrogens (tertiary/aromatic N) is 3. The molecule has 2 aromatic heterocycles. The van der Waals surface area contributed by atoms with Gasteiger partial charge in [0.15, 0.2) is 0 Å². The van der Waals surface area contributed by atoms with Crippen LogP contribution < -0.4 is 5.32 Å². The molecule has 1 aliphatic heterocycles. The summed E-state index contributed by atoms with van der Waals surface area (Å²) in [5, 5.41) is 4.43. The second-order valence-electron chi connectivity index (χ2n) is 6.57. The maximum absolute atomic E-state index is 13.5. The lowest BCUT2D eigenvalue weighted by molar-refractivity contribution is 0.503. The Balaban J connectivity index is 1.79. The van der Waals surface area contributed by atoms with Gasteiger partial charge >= 0.3 is 0 Å². The highest BCUT2D eigenvalue weighted by Gasteiger charge is 2.12. The summed E-state index contributed by atoms with van der Waals surface area (Å²) in [5.41, 5.74) is 4.16. The first kappa shape index (κ1) is 17.8. The van der Waals surface area contributed by atoms with Gasteiger partial charge in [0.1, 0.15) is 0 Å². The first-order valence-electron chi connectivity index (χ1n) is 8.81. The highest BCUT2D eigenvalue weighted by molar-refractivity contribution is 8.02. The zero-order valence-corrected chi connectivity index (χ0v) is 16.1. The molecule has 0 spiro atoms. The molecule has 4 nitrogen and oxygen atoms in total. The van der Waals surface area contributed by atoms with Gasteiger partial charge in [-0.15, -0.1) is 0 Å². The molecule has 6 heteroatoms. The fourth-order valence-corrected chi connectivity index (χ4v) is 4.29. The number of likely N-dealkylation sites (N-methyl/N-ethyl adjacent to an activating group) is 1. The van der Waals surface area contributed by atoms with Crippen molar-refractivity contribution in [3.8, 4) is 11.1 Å². The van der Waals surface area contributed by atoms with Crippen molar-refractivity contribution < 1.29 is 4.39 Å². The average molecular weight is 380 g/mol. The van der Waals surface area contributed by atoms with Gasteiger partial charge in [0.2, 0.25) is 5.95 Å². The number of aromatic nitrogens is 2. The third-order valence-corrected chi connectivity index (χ3v) is 5.46. The molecule has 3 aromatic rings. The first-order valence-corrected chi connectivity index (χ1v) is 9.59. The molecule has 0 unspecified atom stereocenters. The van der Waals surface area contributed by atoms with E-state index in [9.17, 15) is 4.39 Å². The van der Waals surface area contributed by atoms with Gasteiger partial charge in [0.05, 0.1) is 5.52 Å². The van der Waals surface area contributed by atoms with Crippen LogP contribution in [0.15, 0.2) is 66.0 Å². The number of pyridine rings is 1. The van der Waals surface area contributed by atoms with E-state index in [1.165, 1.54) is 28.1 Å². The molecule has 0 saturated heterocycles. The molecule has 0 saturated carbocycles. The van der Waals surface area contributed by atoms with Crippen molar-refractivity contribution in [2.45, 2.75) is 6.54 Å². The molecule has 3 heterocycles. The SMILES string of the molecule is CNCc1cn(SC2=CN(C)CC=C2)c2cc(-c3ccnc(F)c3)ccc12. The topological polar surface area (TPSA) is 33.1 Å². The molecule has 1 aliphatic rings. The highest BCUT2D eigenvalue weighted by Crippen LogP contribution is 2.33. The van der Waals surface area contributed by atoms with Gasteiger partial charge in [-0.1, -0.05) is 18.2 Å². The van der Waals surface area contributed by atoms with Crippen molar-refractivity contribution in [1.29, 1.82) is 0 Å². The van der Waals surface area contributed by atoms with E-state index in [1.807, 2.05) is 19.2 Å². The Morgan fingerprint density at radius 1 is 1.22 bits per heavy atom. The summed E-state index contributed by atoms with van der Waals surface area (Å²) >= 11 is 1.69. The number of hydrogen-bond donors (Lipinski definition) is 1. The van der Waals surface area contributed by atoms with Gasteiger partial charge in [-0.2, -0.15) is 4.39 Å². The molecular formula is C21H21FN4S. The van der Waals surface area contributed by atoms with Crippen LogP contribution in [0.2, 0.25) is 0 Å². The molecule has 0 bridgehead atoms. The largest absolute Gasteiger partial charge is 0.376 e. The predicted octanol–water partition coefficient (Wildman–Crippen LogP) is 4.40. The summed E-state index contributed by atoms with van der Waals surface area (Å²) < 4.78 is 15.7. The summed E-state index contributed by atoms with van der Waals surface area (Å²) in [6.07, 6.45) is 10.1. The van der Waals surface area contributed by atoms with Crippen LogP contribution in [-0.2, 0) is 6.54 Å². The third kappa shape index (κ3) is 3.77. The number of hydrogen-bond acceptors (Lipinski definition) is 4. The fourth-order valence-electron chi connectivity index (χ4n) is 3.25. The van der Waals surface area contributed by atoms with Crippen LogP contribution in [0, 0.1) is 5.95 Å². The Morgan fingerprint density at radius 3 is 2.85 bits per heavy atom. The summed E-state index contributed by atoms with van der Waals surface area (Å²) in [4.78, 5) is 6.99. The normalized spacial score (nSPS) is 14.0. The number of rotatable bonds is 5. The van der Waals surface area contributed by atoms with Crippen LogP contribution in [0.25, 0.3) is 22.0 Å². The Labute approximate surface area is 162 Å². The van der Waals surface area contributed by atoms with Gasteiger partial charge < -0.3 is 10.2 Å². The highest BCUT2D eigenvalue weighted by atomic mass is 32.2. The maximum Gasteiger partial charge on any atom is 0.213 e. The monoisotopic (exact) mass is 380 g/mol. The minimum atomic E-state index is -0.464. The van der Waals surface area contributed by atoms with Gasteiger partial charge in [-0.05, 0) is 53.9 Å². The number of halogens is 1. The smallest absolute Gasteiger partial charge is 0.213 e. The second kappa shape index (κ2) is 7.58. The summed E-state index contributed by atoms with van der Waals surface area (Å²) in [6.45, 7) is 1.72. The number of benzene rings is 1. The molecule has 1 N–H and O–H groups in total. The second-order valence-corrected chi connectivity index (χ2v) is 7.62. The van der Waals surface area contributed by atoms with E-state index < -0.39 is 5.95 Å². The molecule has 0 atom stereocenters. The van der Waals surface area contributed by atoms with Crippen LogP contribution in [-0.4, -0.2) is 34.5 Å². The van der Waals surface area contributed by atoms with Crippen molar-refractivity contribution in [2.24, 2.45) is 0 Å².